The number of rotatable bonds is 10. The maximum Gasteiger partial charge on any atom is 0.255 e. The summed E-state index contributed by atoms with van der Waals surface area (Å²) in [4.78, 5) is 17.4. The topological polar surface area (TPSA) is 63.3 Å². The standard InChI is InChI=1S/C28H33N3O4/c1-33-26-10-5-3-8-24(26)29-28(32)22-12-14-23(15-13-22)35-21-7-16-30-17-19-31(20-18-30)25-9-4-6-11-27(25)34-2/h3-6,8-15H,7,16-21H2,1-2H3,(H,29,32). The molecular weight excluding hydrogens is 442 g/mol. The first-order valence-electron chi connectivity index (χ1n) is 12.0. The first-order valence-corrected chi connectivity index (χ1v) is 12.0. The van der Waals surface area contributed by atoms with Crippen LogP contribution >= 0.6 is 0 Å². The van der Waals surface area contributed by atoms with Gasteiger partial charge in [0, 0.05) is 38.3 Å². The smallest absolute Gasteiger partial charge is 0.255 e. The summed E-state index contributed by atoms with van der Waals surface area (Å²) in [5.74, 6) is 2.13. The average Bonchev–Trinajstić information content (AvgIpc) is 2.92. The quantitative estimate of drug-likeness (QED) is 0.434. The van der Waals surface area contributed by atoms with Crippen molar-refractivity contribution >= 4 is 17.3 Å². The number of piperazine rings is 1. The van der Waals surface area contributed by atoms with Gasteiger partial charge in [0.25, 0.3) is 5.91 Å². The molecule has 4 rings (SSSR count). The molecule has 0 aliphatic carbocycles. The Morgan fingerprint density at radius 1 is 0.829 bits per heavy atom. The molecule has 0 atom stereocenters. The summed E-state index contributed by atoms with van der Waals surface area (Å²) in [6.45, 7) is 5.65. The molecule has 184 valence electrons. The third-order valence-corrected chi connectivity index (χ3v) is 6.16. The molecule has 3 aromatic rings. The number of amides is 1. The molecule has 0 aromatic heterocycles. The largest absolute Gasteiger partial charge is 0.495 e. The maximum atomic E-state index is 12.6. The monoisotopic (exact) mass is 475 g/mol. The number of methoxy groups -OCH3 is 2. The Balaban J connectivity index is 1.18. The van der Waals surface area contributed by atoms with Crippen molar-refractivity contribution in [3.63, 3.8) is 0 Å². The number of hydrogen-bond donors (Lipinski definition) is 1. The Bertz CT molecular complexity index is 1100. The van der Waals surface area contributed by atoms with Crippen LogP contribution in [-0.2, 0) is 0 Å². The molecule has 1 amide bonds. The van der Waals surface area contributed by atoms with Crippen LogP contribution < -0.4 is 24.4 Å². The number of nitrogens with one attached hydrogen (secondary N) is 1. The summed E-state index contributed by atoms with van der Waals surface area (Å²) in [5.41, 5.74) is 2.37. The molecule has 1 saturated heterocycles. The van der Waals surface area contributed by atoms with E-state index >= 15 is 0 Å². The molecular formula is C28H33N3O4. The molecule has 1 heterocycles. The van der Waals surface area contributed by atoms with Gasteiger partial charge >= 0.3 is 0 Å². The van der Waals surface area contributed by atoms with Gasteiger partial charge < -0.3 is 24.4 Å². The highest BCUT2D eigenvalue weighted by molar-refractivity contribution is 6.05. The van der Waals surface area contributed by atoms with E-state index in [1.165, 1.54) is 0 Å². The van der Waals surface area contributed by atoms with Gasteiger partial charge in [-0.1, -0.05) is 24.3 Å². The van der Waals surface area contributed by atoms with Crippen molar-refractivity contribution in [1.29, 1.82) is 0 Å². The van der Waals surface area contributed by atoms with E-state index in [9.17, 15) is 4.79 Å². The number of ether oxygens (including phenoxy) is 3. The molecule has 1 fully saturated rings. The number of hydrogen-bond acceptors (Lipinski definition) is 6. The van der Waals surface area contributed by atoms with Gasteiger partial charge in [-0.15, -0.1) is 0 Å². The Labute approximate surface area is 207 Å². The van der Waals surface area contributed by atoms with Crippen LogP contribution in [-0.4, -0.2) is 64.4 Å². The van der Waals surface area contributed by atoms with Crippen molar-refractivity contribution in [3.05, 3.63) is 78.4 Å². The van der Waals surface area contributed by atoms with E-state index in [0.29, 0.717) is 23.6 Å². The highest BCUT2D eigenvalue weighted by Gasteiger charge is 2.19. The van der Waals surface area contributed by atoms with Crippen molar-refractivity contribution in [2.24, 2.45) is 0 Å². The van der Waals surface area contributed by atoms with E-state index in [1.54, 1.807) is 26.4 Å². The lowest BCUT2D eigenvalue weighted by atomic mass is 10.2. The molecule has 0 bridgehead atoms. The second kappa shape index (κ2) is 12.1. The average molecular weight is 476 g/mol. The van der Waals surface area contributed by atoms with Gasteiger partial charge in [-0.25, -0.2) is 0 Å². The van der Waals surface area contributed by atoms with Gasteiger partial charge in [-0.2, -0.15) is 0 Å². The predicted molar refractivity (Wildman–Crippen MR) is 139 cm³/mol. The zero-order valence-corrected chi connectivity index (χ0v) is 20.4. The molecule has 0 saturated carbocycles. The van der Waals surface area contributed by atoms with Crippen LogP contribution in [0.4, 0.5) is 11.4 Å². The van der Waals surface area contributed by atoms with Gasteiger partial charge in [-0.05, 0) is 55.0 Å². The fraction of sp³-hybridized carbons (Fsp3) is 0.321. The zero-order chi connectivity index (χ0) is 24.5. The summed E-state index contributed by atoms with van der Waals surface area (Å²) in [5, 5.41) is 2.89. The van der Waals surface area contributed by atoms with Crippen LogP contribution in [0.5, 0.6) is 17.2 Å². The number of carbonyl (C=O) groups is 1. The highest BCUT2D eigenvalue weighted by Crippen LogP contribution is 2.28. The van der Waals surface area contributed by atoms with Gasteiger partial charge in [0.15, 0.2) is 0 Å². The lowest BCUT2D eigenvalue weighted by Crippen LogP contribution is -2.46. The van der Waals surface area contributed by atoms with Crippen LogP contribution in [0.25, 0.3) is 0 Å². The SMILES string of the molecule is COc1ccccc1NC(=O)c1ccc(OCCCN2CCN(c3ccccc3OC)CC2)cc1. The van der Waals surface area contributed by atoms with Gasteiger partial charge in [0.1, 0.15) is 17.2 Å². The molecule has 7 heteroatoms. The molecule has 1 aliphatic heterocycles. The molecule has 7 nitrogen and oxygen atoms in total. The van der Waals surface area contributed by atoms with Crippen molar-refractivity contribution in [2.45, 2.75) is 6.42 Å². The van der Waals surface area contributed by atoms with Crippen LogP contribution in [0.2, 0.25) is 0 Å². The van der Waals surface area contributed by atoms with Crippen molar-refractivity contribution in [3.8, 4) is 17.2 Å². The van der Waals surface area contributed by atoms with E-state index in [0.717, 1.165) is 56.3 Å². The first kappa shape index (κ1) is 24.4. The van der Waals surface area contributed by atoms with E-state index in [-0.39, 0.29) is 5.91 Å². The van der Waals surface area contributed by atoms with E-state index in [2.05, 4.69) is 27.2 Å². The lowest BCUT2D eigenvalue weighted by molar-refractivity contribution is 0.102. The van der Waals surface area contributed by atoms with Crippen LogP contribution in [0.3, 0.4) is 0 Å². The second-order valence-corrected chi connectivity index (χ2v) is 8.38. The van der Waals surface area contributed by atoms with Crippen molar-refractivity contribution in [1.82, 2.24) is 4.90 Å². The van der Waals surface area contributed by atoms with E-state index < -0.39 is 0 Å². The lowest BCUT2D eigenvalue weighted by Gasteiger charge is -2.36. The van der Waals surface area contributed by atoms with E-state index in [1.807, 2.05) is 48.5 Å². The minimum absolute atomic E-state index is 0.187. The minimum atomic E-state index is -0.187. The summed E-state index contributed by atoms with van der Waals surface area (Å²) in [6.07, 6.45) is 0.949. The summed E-state index contributed by atoms with van der Waals surface area (Å²) in [7, 11) is 3.30. The number of nitrogens with zero attached hydrogens (tertiary/aromatic N) is 2. The predicted octanol–water partition coefficient (Wildman–Crippen LogP) is 4.55. The van der Waals surface area contributed by atoms with Gasteiger partial charge in [0.2, 0.25) is 0 Å². The molecule has 0 radical (unpaired) electrons. The maximum absolute atomic E-state index is 12.6. The van der Waals surface area contributed by atoms with Crippen molar-refractivity contribution in [2.75, 3.05) is 63.8 Å². The number of anilines is 2. The molecule has 35 heavy (non-hydrogen) atoms. The summed E-state index contributed by atoms with van der Waals surface area (Å²) >= 11 is 0. The molecule has 1 aliphatic rings. The Morgan fingerprint density at radius 3 is 2.20 bits per heavy atom. The zero-order valence-electron chi connectivity index (χ0n) is 20.4. The molecule has 3 aromatic carbocycles. The third-order valence-electron chi connectivity index (χ3n) is 6.16. The first-order chi connectivity index (χ1) is 17.2. The fourth-order valence-corrected chi connectivity index (χ4v) is 4.23. The summed E-state index contributed by atoms with van der Waals surface area (Å²) < 4.78 is 16.7. The highest BCUT2D eigenvalue weighted by atomic mass is 16.5. The minimum Gasteiger partial charge on any atom is -0.495 e. The van der Waals surface area contributed by atoms with Crippen molar-refractivity contribution < 1.29 is 19.0 Å². The molecule has 1 N–H and O–H groups in total. The Hall–Kier alpha value is -3.71. The van der Waals surface area contributed by atoms with Crippen LogP contribution in [0.1, 0.15) is 16.8 Å². The van der Waals surface area contributed by atoms with Crippen LogP contribution in [0.15, 0.2) is 72.8 Å². The Morgan fingerprint density at radius 2 is 1.49 bits per heavy atom. The molecule has 0 unspecified atom stereocenters. The number of benzene rings is 3. The normalized spacial score (nSPS) is 13.8. The van der Waals surface area contributed by atoms with Gasteiger partial charge in [-0.3, -0.25) is 9.69 Å². The number of para-hydroxylation sites is 4. The molecule has 0 spiro atoms. The second-order valence-electron chi connectivity index (χ2n) is 8.38. The van der Waals surface area contributed by atoms with Gasteiger partial charge in [0.05, 0.1) is 32.2 Å². The van der Waals surface area contributed by atoms with Crippen LogP contribution in [0, 0.1) is 0 Å². The Kier molecular flexibility index (Phi) is 8.46. The third kappa shape index (κ3) is 6.45. The van der Waals surface area contributed by atoms with E-state index in [4.69, 9.17) is 14.2 Å². The number of carbonyl (C=O) groups excluding carboxylic acids is 1. The fourth-order valence-electron chi connectivity index (χ4n) is 4.23. The summed E-state index contributed by atoms with van der Waals surface area (Å²) in [6, 6.07) is 22.8.